The number of halogens is 1. The van der Waals surface area contributed by atoms with Crippen LogP contribution in [0.25, 0.3) is 0 Å². The highest BCUT2D eigenvalue weighted by molar-refractivity contribution is 9.10. The second-order valence-corrected chi connectivity index (χ2v) is 5.68. The van der Waals surface area contributed by atoms with Crippen LogP contribution in [0.15, 0.2) is 22.7 Å². The molecule has 0 unspecified atom stereocenters. The van der Waals surface area contributed by atoms with Gasteiger partial charge in [-0.1, -0.05) is 12.1 Å². The summed E-state index contributed by atoms with van der Waals surface area (Å²) in [7, 11) is 0. The number of carbonyl (C=O) groups excluding carboxylic acids is 1. The highest BCUT2D eigenvalue weighted by Gasteiger charge is 2.21. The number of rotatable bonds is 6. The molecule has 6 nitrogen and oxygen atoms in total. The molecule has 0 saturated heterocycles. The lowest BCUT2D eigenvalue weighted by atomic mass is 10.00. The van der Waals surface area contributed by atoms with E-state index in [2.05, 4.69) is 21.2 Å². The van der Waals surface area contributed by atoms with Crippen molar-refractivity contribution in [3.63, 3.8) is 0 Å². The molecule has 1 aromatic carbocycles. The molecule has 104 valence electrons. The van der Waals surface area contributed by atoms with Gasteiger partial charge >= 0.3 is 0 Å². The van der Waals surface area contributed by atoms with Crippen LogP contribution in [0.3, 0.4) is 0 Å². The summed E-state index contributed by atoms with van der Waals surface area (Å²) in [5.41, 5.74) is 5.48. The van der Waals surface area contributed by atoms with E-state index in [0.717, 1.165) is 5.56 Å². The van der Waals surface area contributed by atoms with Crippen LogP contribution in [0.5, 0.6) is 0 Å². The standard InChI is InChI=1S/C12H16BrN3O3/c1-12(2,6-10(14)17)15-7-8-4-3-5-9(11(8)13)16(18)19/h3-5,15H,6-7H2,1-2H3,(H2,14,17). The van der Waals surface area contributed by atoms with Gasteiger partial charge in [0, 0.05) is 24.6 Å². The van der Waals surface area contributed by atoms with Gasteiger partial charge in [-0.2, -0.15) is 0 Å². The number of primary amides is 1. The average Bonchev–Trinajstić information content (AvgIpc) is 2.25. The summed E-state index contributed by atoms with van der Waals surface area (Å²) in [6.07, 6.45) is 0.194. The molecule has 0 radical (unpaired) electrons. The first-order valence-electron chi connectivity index (χ1n) is 5.68. The van der Waals surface area contributed by atoms with Gasteiger partial charge in [0.1, 0.15) is 0 Å². The molecule has 1 rings (SSSR count). The Kier molecular flexibility index (Phi) is 5.02. The summed E-state index contributed by atoms with van der Waals surface area (Å²) in [5, 5.41) is 14.0. The predicted octanol–water partition coefficient (Wildman–Crippen LogP) is 2.10. The van der Waals surface area contributed by atoms with Crippen molar-refractivity contribution in [1.29, 1.82) is 0 Å². The third kappa shape index (κ3) is 4.60. The van der Waals surface area contributed by atoms with Crippen molar-refractivity contribution in [2.75, 3.05) is 0 Å². The third-order valence-electron chi connectivity index (χ3n) is 2.63. The number of benzene rings is 1. The van der Waals surface area contributed by atoms with Gasteiger partial charge in [0.05, 0.1) is 9.40 Å². The van der Waals surface area contributed by atoms with Crippen molar-refractivity contribution >= 4 is 27.5 Å². The number of nitrogens with two attached hydrogens (primary N) is 1. The highest BCUT2D eigenvalue weighted by Crippen LogP contribution is 2.28. The fourth-order valence-corrected chi connectivity index (χ4v) is 2.23. The Bertz CT molecular complexity index is 503. The maximum absolute atomic E-state index is 10.9. The minimum Gasteiger partial charge on any atom is -0.370 e. The van der Waals surface area contributed by atoms with E-state index in [0.29, 0.717) is 11.0 Å². The van der Waals surface area contributed by atoms with Crippen molar-refractivity contribution in [2.45, 2.75) is 32.4 Å². The Morgan fingerprint density at radius 2 is 2.16 bits per heavy atom. The number of nitro benzene ring substituents is 1. The zero-order valence-corrected chi connectivity index (χ0v) is 12.4. The summed E-state index contributed by atoms with van der Waals surface area (Å²) in [5.74, 6) is -0.393. The van der Waals surface area contributed by atoms with E-state index in [1.165, 1.54) is 6.07 Å². The molecular formula is C12H16BrN3O3. The summed E-state index contributed by atoms with van der Waals surface area (Å²) >= 11 is 3.23. The molecule has 0 aliphatic heterocycles. The molecule has 7 heteroatoms. The summed E-state index contributed by atoms with van der Waals surface area (Å²) < 4.78 is 0.447. The smallest absolute Gasteiger partial charge is 0.283 e. The fraction of sp³-hybridized carbons (Fsp3) is 0.417. The van der Waals surface area contributed by atoms with E-state index in [1.54, 1.807) is 12.1 Å². The molecule has 0 heterocycles. The van der Waals surface area contributed by atoms with E-state index >= 15 is 0 Å². The second-order valence-electron chi connectivity index (χ2n) is 4.89. The Labute approximate surface area is 119 Å². The minimum absolute atomic E-state index is 0.0204. The van der Waals surface area contributed by atoms with Gasteiger partial charge in [-0.05, 0) is 35.3 Å². The van der Waals surface area contributed by atoms with E-state index in [-0.39, 0.29) is 12.1 Å². The molecule has 1 aromatic rings. The quantitative estimate of drug-likeness (QED) is 0.616. The van der Waals surface area contributed by atoms with Crippen LogP contribution in [0.2, 0.25) is 0 Å². The van der Waals surface area contributed by atoms with E-state index in [1.807, 2.05) is 13.8 Å². The fourth-order valence-electron chi connectivity index (χ4n) is 1.68. The first-order valence-corrected chi connectivity index (χ1v) is 6.47. The number of hydrogen-bond acceptors (Lipinski definition) is 4. The molecule has 1 amide bonds. The van der Waals surface area contributed by atoms with Crippen molar-refractivity contribution in [1.82, 2.24) is 5.32 Å². The number of amides is 1. The highest BCUT2D eigenvalue weighted by atomic mass is 79.9. The molecule has 0 aromatic heterocycles. The van der Waals surface area contributed by atoms with Gasteiger partial charge in [-0.15, -0.1) is 0 Å². The van der Waals surface area contributed by atoms with Crippen LogP contribution in [-0.2, 0) is 11.3 Å². The number of nitrogens with one attached hydrogen (secondary N) is 1. The van der Waals surface area contributed by atoms with Crippen molar-refractivity contribution in [3.05, 3.63) is 38.3 Å². The molecule has 0 spiro atoms. The van der Waals surface area contributed by atoms with Gasteiger partial charge < -0.3 is 11.1 Å². The van der Waals surface area contributed by atoms with Crippen LogP contribution in [0, 0.1) is 10.1 Å². The summed E-state index contributed by atoms with van der Waals surface area (Å²) in [6, 6.07) is 4.84. The van der Waals surface area contributed by atoms with Crippen LogP contribution >= 0.6 is 15.9 Å². The number of carbonyl (C=O) groups is 1. The van der Waals surface area contributed by atoms with Crippen LogP contribution in [-0.4, -0.2) is 16.4 Å². The largest absolute Gasteiger partial charge is 0.370 e. The second kappa shape index (κ2) is 6.12. The summed E-state index contributed by atoms with van der Waals surface area (Å²) in [6.45, 7) is 4.11. The molecule has 0 aliphatic carbocycles. The Morgan fingerprint density at radius 1 is 1.53 bits per heavy atom. The lowest BCUT2D eigenvalue weighted by molar-refractivity contribution is -0.385. The Balaban J connectivity index is 2.81. The van der Waals surface area contributed by atoms with Gasteiger partial charge in [0.25, 0.3) is 5.69 Å². The van der Waals surface area contributed by atoms with Gasteiger partial charge in [-0.25, -0.2) is 0 Å². The Hall–Kier alpha value is -1.47. The molecule has 0 bridgehead atoms. The molecular weight excluding hydrogens is 314 g/mol. The predicted molar refractivity (Wildman–Crippen MR) is 75.5 cm³/mol. The van der Waals surface area contributed by atoms with Crippen molar-refractivity contribution in [3.8, 4) is 0 Å². The monoisotopic (exact) mass is 329 g/mol. The molecule has 19 heavy (non-hydrogen) atoms. The van der Waals surface area contributed by atoms with Crippen molar-refractivity contribution in [2.24, 2.45) is 5.73 Å². The first-order chi connectivity index (χ1) is 8.73. The maximum Gasteiger partial charge on any atom is 0.283 e. The minimum atomic E-state index is -0.462. The first kappa shape index (κ1) is 15.6. The lowest BCUT2D eigenvalue weighted by Crippen LogP contribution is -2.42. The maximum atomic E-state index is 10.9. The van der Waals surface area contributed by atoms with Gasteiger partial charge in [-0.3, -0.25) is 14.9 Å². The summed E-state index contributed by atoms with van der Waals surface area (Å²) in [4.78, 5) is 21.3. The van der Waals surface area contributed by atoms with E-state index < -0.39 is 16.4 Å². The molecule has 0 aliphatic rings. The zero-order valence-electron chi connectivity index (χ0n) is 10.8. The number of hydrogen-bond donors (Lipinski definition) is 2. The third-order valence-corrected chi connectivity index (χ3v) is 3.54. The molecule has 0 fully saturated rings. The normalized spacial score (nSPS) is 11.3. The van der Waals surface area contributed by atoms with E-state index in [9.17, 15) is 14.9 Å². The average molecular weight is 330 g/mol. The number of nitrogens with zero attached hydrogens (tertiary/aromatic N) is 1. The molecule has 0 atom stereocenters. The lowest BCUT2D eigenvalue weighted by Gasteiger charge is -2.25. The zero-order chi connectivity index (χ0) is 14.6. The van der Waals surface area contributed by atoms with Crippen LogP contribution < -0.4 is 11.1 Å². The van der Waals surface area contributed by atoms with Crippen LogP contribution in [0.1, 0.15) is 25.8 Å². The SMILES string of the molecule is CC(C)(CC(N)=O)NCc1cccc([N+](=O)[O-])c1Br. The van der Waals surface area contributed by atoms with Gasteiger partial charge in [0.15, 0.2) is 0 Å². The molecule has 3 N–H and O–H groups in total. The van der Waals surface area contributed by atoms with Crippen molar-refractivity contribution < 1.29 is 9.72 Å². The number of nitro groups is 1. The topological polar surface area (TPSA) is 98.3 Å². The molecule has 0 saturated carbocycles. The van der Waals surface area contributed by atoms with Crippen LogP contribution in [0.4, 0.5) is 5.69 Å². The van der Waals surface area contributed by atoms with Gasteiger partial charge in [0.2, 0.25) is 5.91 Å². The van der Waals surface area contributed by atoms with E-state index in [4.69, 9.17) is 5.73 Å². The Morgan fingerprint density at radius 3 is 2.68 bits per heavy atom.